The van der Waals surface area contributed by atoms with Gasteiger partial charge >= 0.3 is 5.97 Å². The highest BCUT2D eigenvalue weighted by molar-refractivity contribution is 6.04. The number of carboxylic acid groups (broad SMARTS) is 1. The number of benzene rings is 1. The number of amides is 1. The Morgan fingerprint density at radius 3 is 2.26 bits per heavy atom. The van der Waals surface area contributed by atoms with Gasteiger partial charge in [-0.15, -0.1) is 0 Å². The van der Waals surface area contributed by atoms with Gasteiger partial charge in [0.25, 0.3) is 5.91 Å². The summed E-state index contributed by atoms with van der Waals surface area (Å²) in [5.41, 5.74) is 0.623. The molecule has 1 aromatic heterocycles. The molecule has 0 radical (unpaired) electrons. The maximum atomic E-state index is 13.9. The number of hydrogen-bond acceptors (Lipinski definition) is 4. The number of aromatic carboxylic acids is 1. The van der Waals surface area contributed by atoms with Crippen LogP contribution in [0.2, 0.25) is 0 Å². The van der Waals surface area contributed by atoms with E-state index in [0.717, 1.165) is 80.2 Å². The lowest BCUT2D eigenvalue weighted by atomic mass is 9.54. The van der Waals surface area contributed by atoms with Gasteiger partial charge in [-0.05, 0) is 119 Å². The van der Waals surface area contributed by atoms with Crippen LogP contribution in [-0.4, -0.2) is 32.6 Å². The molecule has 0 aliphatic heterocycles. The van der Waals surface area contributed by atoms with E-state index in [2.05, 4.69) is 10.3 Å². The molecule has 3 N–H and O–H groups in total. The molecule has 7 aliphatic carbocycles. The van der Waals surface area contributed by atoms with Crippen LogP contribution in [0.3, 0.4) is 0 Å². The number of ether oxygens (including phenoxy) is 1. The Morgan fingerprint density at radius 2 is 1.66 bits per heavy atom. The molecule has 0 atom stereocenters. The predicted molar refractivity (Wildman–Crippen MR) is 138 cm³/mol. The maximum Gasteiger partial charge on any atom is 0.338 e. The summed E-state index contributed by atoms with van der Waals surface area (Å²) in [5, 5.41) is 12.1. The van der Waals surface area contributed by atoms with Crippen molar-refractivity contribution in [1.29, 1.82) is 0 Å². The topological polar surface area (TPSA) is 104 Å². The number of imidazole rings is 1. The van der Waals surface area contributed by atoms with E-state index in [0.29, 0.717) is 18.0 Å². The first kappa shape index (κ1) is 24.3. The number of aromatic amines is 1. The fraction of sp³-hybridized carbons (Fsp3) is 0.633. The van der Waals surface area contributed by atoms with Crippen molar-refractivity contribution in [2.24, 2.45) is 23.7 Å². The quantitative estimate of drug-likeness (QED) is 0.402. The number of aromatic nitrogens is 2. The Hall–Kier alpha value is -2.74. The van der Waals surface area contributed by atoms with Gasteiger partial charge in [0.15, 0.2) is 5.69 Å². The second kappa shape index (κ2) is 8.90. The molecule has 0 spiro atoms. The molecule has 1 heterocycles. The van der Waals surface area contributed by atoms with E-state index >= 15 is 0 Å². The third-order valence-corrected chi connectivity index (χ3v) is 10.5. The number of carbonyl (C=O) groups is 2. The summed E-state index contributed by atoms with van der Waals surface area (Å²) < 4.78 is 20.7. The van der Waals surface area contributed by atoms with Crippen molar-refractivity contribution in [1.82, 2.24) is 9.97 Å². The van der Waals surface area contributed by atoms with Crippen molar-refractivity contribution in [3.05, 3.63) is 46.8 Å². The molecular formula is C30H36FN3O4. The average Bonchev–Trinajstić information content (AvgIpc) is 3.34. The lowest BCUT2D eigenvalue weighted by Gasteiger charge is -2.56. The van der Waals surface area contributed by atoms with Gasteiger partial charge in [-0.1, -0.05) is 0 Å². The summed E-state index contributed by atoms with van der Waals surface area (Å²) in [5.74, 6) is 1.34. The first-order valence-electron chi connectivity index (χ1n) is 14.4. The molecule has 7 saturated carbocycles. The zero-order valence-electron chi connectivity index (χ0n) is 21.7. The fourth-order valence-corrected chi connectivity index (χ4v) is 8.95. The van der Waals surface area contributed by atoms with Gasteiger partial charge in [0, 0.05) is 11.1 Å². The standard InChI is InChI=1S/C30H36FN3O4/c31-23-2-1-21(12-22(23)27(36)37)32-26(35)25-24(33-28(34-25)29-6-3-17(4-7-29)5-8-29)16-38-30-13-18-9-19(14-30)11-20(10-18)15-30/h1-2,12,17-20H,3-11,13-16H2,(H,32,35)(H,33,34)(H,36,37). The summed E-state index contributed by atoms with van der Waals surface area (Å²) in [6.07, 6.45) is 14.2. The molecule has 38 heavy (non-hydrogen) atoms. The molecule has 1 aromatic carbocycles. The zero-order valence-corrected chi connectivity index (χ0v) is 21.7. The summed E-state index contributed by atoms with van der Waals surface area (Å²) >= 11 is 0. The van der Waals surface area contributed by atoms with Gasteiger partial charge in [-0.25, -0.2) is 14.2 Å². The SMILES string of the molecule is O=C(O)c1cc(NC(=O)c2nc(C34CCC(CC3)CC4)[nH]c2COC23CC4CC(CC(C4)C2)C3)ccc1F. The van der Waals surface area contributed by atoms with Crippen LogP contribution >= 0.6 is 0 Å². The van der Waals surface area contributed by atoms with E-state index in [-0.39, 0.29) is 16.7 Å². The first-order valence-corrected chi connectivity index (χ1v) is 14.4. The third kappa shape index (κ3) is 4.16. The summed E-state index contributed by atoms with van der Waals surface area (Å²) in [4.78, 5) is 33.4. The summed E-state index contributed by atoms with van der Waals surface area (Å²) in [6, 6.07) is 3.58. The highest BCUT2D eigenvalue weighted by atomic mass is 19.1. The van der Waals surface area contributed by atoms with Crippen LogP contribution in [0.25, 0.3) is 0 Å². The minimum absolute atomic E-state index is 0.0188. The van der Waals surface area contributed by atoms with Crippen molar-refractivity contribution in [3.8, 4) is 0 Å². The molecule has 7 aliphatic rings. The Balaban J connectivity index is 1.17. The minimum atomic E-state index is -1.38. The number of anilines is 1. The van der Waals surface area contributed by atoms with E-state index in [9.17, 15) is 19.1 Å². The minimum Gasteiger partial charge on any atom is -0.478 e. The van der Waals surface area contributed by atoms with Crippen molar-refractivity contribution in [2.75, 3.05) is 5.32 Å². The van der Waals surface area contributed by atoms with E-state index in [4.69, 9.17) is 9.72 Å². The van der Waals surface area contributed by atoms with Crippen LogP contribution in [-0.2, 0) is 16.8 Å². The number of carbonyl (C=O) groups excluding carboxylic acids is 1. The number of rotatable bonds is 7. The van der Waals surface area contributed by atoms with E-state index in [1.54, 1.807) is 0 Å². The van der Waals surface area contributed by atoms with Crippen molar-refractivity contribution in [2.45, 2.75) is 94.7 Å². The molecule has 202 valence electrons. The van der Waals surface area contributed by atoms with E-state index in [1.165, 1.54) is 44.6 Å². The molecule has 7 fully saturated rings. The zero-order chi connectivity index (χ0) is 26.1. The monoisotopic (exact) mass is 521 g/mol. The third-order valence-electron chi connectivity index (χ3n) is 10.5. The highest BCUT2D eigenvalue weighted by Gasteiger charge is 2.52. The second-order valence-electron chi connectivity index (χ2n) is 13.0. The van der Waals surface area contributed by atoms with Gasteiger partial charge in [-0.3, -0.25) is 4.79 Å². The van der Waals surface area contributed by atoms with E-state index in [1.807, 2.05) is 0 Å². The smallest absolute Gasteiger partial charge is 0.338 e. The van der Waals surface area contributed by atoms with Gasteiger partial charge in [0.1, 0.15) is 11.6 Å². The average molecular weight is 522 g/mol. The van der Waals surface area contributed by atoms with Gasteiger partial charge in [0.05, 0.1) is 23.5 Å². The van der Waals surface area contributed by atoms with Crippen LogP contribution < -0.4 is 5.32 Å². The molecule has 6 bridgehead atoms. The van der Waals surface area contributed by atoms with Crippen LogP contribution in [0, 0.1) is 29.5 Å². The van der Waals surface area contributed by atoms with Gasteiger partial charge in [0.2, 0.25) is 0 Å². The Morgan fingerprint density at radius 1 is 1.03 bits per heavy atom. The van der Waals surface area contributed by atoms with Gasteiger partial charge < -0.3 is 20.1 Å². The van der Waals surface area contributed by atoms with Crippen LogP contribution in [0.1, 0.15) is 109 Å². The lowest BCUT2D eigenvalue weighted by molar-refractivity contribution is -0.169. The number of halogens is 1. The molecule has 0 saturated heterocycles. The number of nitrogens with zero attached hydrogens (tertiary/aromatic N) is 1. The second-order valence-corrected chi connectivity index (χ2v) is 13.0. The number of H-pyrrole nitrogens is 1. The first-order chi connectivity index (χ1) is 18.3. The molecule has 1 amide bonds. The Kier molecular flexibility index (Phi) is 5.69. The fourth-order valence-electron chi connectivity index (χ4n) is 8.95. The predicted octanol–water partition coefficient (Wildman–Crippen LogP) is 6.21. The van der Waals surface area contributed by atoms with Crippen molar-refractivity contribution < 1.29 is 23.8 Å². The summed E-state index contributed by atoms with van der Waals surface area (Å²) in [7, 11) is 0. The van der Waals surface area contributed by atoms with Crippen molar-refractivity contribution >= 4 is 17.6 Å². The molecular weight excluding hydrogens is 485 g/mol. The molecule has 0 unspecified atom stereocenters. The number of hydrogen-bond donors (Lipinski definition) is 3. The Bertz CT molecular complexity index is 1230. The van der Waals surface area contributed by atoms with Gasteiger partial charge in [-0.2, -0.15) is 0 Å². The lowest BCUT2D eigenvalue weighted by Crippen LogP contribution is -2.51. The van der Waals surface area contributed by atoms with Crippen LogP contribution in [0.5, 0.6) is 0 Å². The van der Waals surface area contributed by atoms with Crippen molar-refractivity contribution in [3.63, 3.8) is 0 Å². The molecule has 7 nitrogen and oxygen atoms in total. The van der Waals surface area contributed by atoms with Crippen LogP contribution in [0.4, 0.5) is 10.1 Å². The largest absolute Gasteiger partial charge is 0.478 e. The highest BCUT2D eigenvalue weighted by Crippen LogP contribution is 2.57. The van der Waals surface area contributed by atoms with Crippen LogP contribution in [0.15, 0.2) is 18.2 Å². The normalized spacial score (nSPS) is 35.0. The summed E-state index contributed by atoms with van der Waals surface area (Å²) in [6.45, 7) is 0.310. The molecule has 2 aromatic rings. The molecule has 9 rings (SSSR count). The number of carboxylic acids is 1. The Labute approximate surface area is 221 Å². The number of nitrogens with one attached hydrogen (secondary N) is 2. The maximum absolute atomic E-state index is 13.9. The molecule has 8 heteroatoms. The van der Waals surface area contributed by atoms with E-state index < -0.39 is 23.3 Å². The number of fused-ring (bicyclic) bond motifs is 3.